The van der Waals surface area contributed by atoms with Crippen molar-refractivity contribution in [1.29, 1.82) is 5.26 Å². The summed E-state index contributed by atoms with van der Waals surface area (Å²) in [4.78, 5) is 53.2. The summed E-state index contributed by atoms with van der Waals surface area (Å²) in [5.41, 5.74) is 7.86. The largest absolute Gasteiger partial charge is 1.00 e. The molecular weight excluding hydrogens is 882 g/mol. The monoisotopic (exact) mass is 943 g/mol. The molecule has 5 aliphatic heterocycles. The maximum absolute atomic E-state index is 12.4. The maximum Gasteiger partial charge on any atom is 1.00 e. The van der Waals surface area contributed by atoms with Gasteiger partial charge in [-0.05, 0) is 94.1 Å². The summed E-state index contributed by atoms with van der Waals surface area (Å²) in [6, 6.07) is 7.13. The molecule has 5 heterocycles. The number of hydrogen-bond acceptors (Lipinski definition) is 15. The van der Waals surface area contributed by atoms with Crippen LogP contribution in [0.5, 0.6) is 23.0 Å². The average Bonchev–Trinajstić information content (AvgIpc) is 3.94. The third-order valence-corrected chi connectivity index (χ3v) is 16.0. The number of likely N-dealkylation sites (tertiary alicyclic amines) is 2. The number of nitrogens with one attached hydrogen (secondary N) is 1. The van der Waals surface area contributed by atoms with Crippen molar-refractivity contribution >= 4 is 32.1 Å². The van der Waals surface area contributed by atoms with Gasteiger partial charge in [-0.2, -0.15) is 0 Å². The zero-order valence-electron chi connectivity index (χ0n) is 39.2. The van der Waals surface area contributed by atoms with Crippen molar-refractivity contribution in [3.63, 3.8) is 0 Å². The van der Waals surface area contributed by atoms with Gasteiger partial charge in [0.15, 0.2) is 23.0 Å². The number of hydrogen-bond donors (Lipinski definition) is 6. The number of ether oxygens (including phenoxy) is 2. The molecule has 68 heavy (non-hydrogen) atoms. The van der Waals surface area contributed by atoms with Gasteiger partial charge in [-0.3, -0.25) is 24.2 Å². The van der Waals surface area contributed by atoms with E-state index in [1.807, 2.05) is 31.2 Å². The standard InChI is InChI=1S/C23H30N2O4.C19H24N2O3.C6H7NO4.CN.B.Na/c1-3-5-18(27)24-15-8-9-23(28)17-13-14-6-7-16(26)20-19(14)22(23,21(15)29-20)10-12-25(17)11-4-2;1-2-8-21-9-7-18-15-11-3-4-13(22)16(15)24-17(18)12(20)5-6-19(18,23)14(21)10-11;1-4(8)11-7-5(9)2-3-6(7)10;1-2;;/h4,6-7,15,17,21,26,28H,2-3,5,8-13H2,1H3,(H,24,27);2-4,12,14,17,22-23H,1,5-10,20H2;2-3H2,1H3;;;/q;;;-1;;+1/t15?,17?,21-,22+,23?;12?,14?,17-,18+,19?;;;;/m11..../s1. The van der Waals surface area contributed by atoms with Gasteiger partial charge >= 0.3 is 35.5 Å². The fourth-order valence-corrected chi connectivity index (χ4v) is 13.5. The Labute approximate surface area is 421 Å². The molecule has 7 N–H and O–H groups in total. The number of amides is 3. The normalized spacial score (nSPS) is 33.5. The van der Waals surface area contributed by atoms with E-state index >= 15 is 0 Å². The van der Waals surface area contributed by atoms with E-state index in [2.05, 4.69) is 33.1 Å². The van der Waals surface area contributed by atoms with E-state index < -0.39 is 39.8 Å². The zero-order valence-corrected chi connectivity index (χ0v) is 41.2. The molecule has 3 amide bonds. The van der Waals surface area contributed by atoms with Gasteiger partial charge in [0, 0.05) is 76.9 Å². The first-order valence-electron chi connectivity index (χ1n) is 23.1. The first kappa shape index (κ1) is 52.9. The van der Waals surface area contributed by atoms with E-state index in [0.29, 0.717) is 42.2 Å². The fraction of sp³-hybridized carbons (Fsp3) is 0.571. The van der Waals surface area contributed by atoms with Crippen LogP contribution in [0.3, 0.4) is 0 Å². The third-order valence-electron chi connectivity index (χ3n) is 16.0. The Hall–Kier alpha value is -4.45. The number of benzene rings is 2. The molecule has 5 fully saturated rings. The second kappa shape index (κ2) is 20.1. The summed E-state index contributed by atoms with van der Waals surface area (Å²) in [5.74, 6) is -0.176. The second-order valence-corrected chi connectivity index (χ2v) is 19.1. The minimum Gasteiger partial charge on any atom is -0.512 e. The van der Waals surface area contributed by atoms with Crippen LogP contribution in [0.4, 0.5) is 0 Å². The first-order valence-corrected chi connectivity index (χ1v) is 23.1. The van der Waals surface area contributed by atoms with E-state index in [-0.39, 0.29) is 105 Å². The van der Waals surface area contributed by atoms with Crippen LogP contribution in [-0.2, 0) is 47.7 Å². The number of phenols is 2. The number of phenolic OH excluding ortho intramolecular Hbond substituents is 2. The second-order valence-electron chi connectivity index (χ2n) is 19.1. The van der Waals surface area contributed by atoms with Crippen molar-refractivity contribution in [2.75, 3.05) is 26.2 Å². The smallest absolute Gasteiger partial charge is 0.512 e. The molecule has 10 atom stereocenters. The molecule has 17 nitrogen and oxygen atoms in total. The molecule has 357 valence electrons. The van der Waals surface area contributed by atoms with E-state index in [0.717, 1.165) is 88.3 Å². The van der Waals surface area contributed by atoms with Gasteiger partial charge in [-0.25, -0.2) is 4.79 Å². The van der Waals surface area contributed by atoms with E-state index in [4.69, 9.17) is 27.0 Å². The summed E-state index contributed by atoms with van der Waals surface area (Å²) in [6.45, 7) is 18.9. The fourth-order valence-electron chi connectivity index (χ4n) is 13.5. The van der Waals surface area contributed by atoms with Gasteiger partial charge in [0.05, 0.1) is 28.1 Å². The summed E-state index contributed by atoms with van der Waals surface area (Å²) >= 11 is 0. The molecule has 0 aromatic heterocycles. The van der Waals surface area contributed by atoms with Crippen LogP contribution in [-0.4, -0.2) is 141 Å². The molecule has 2 aromatic rings. The van der Waals surface area contributed by atoms with Crippen LogP contribution in [0.1, 0.15) is 100 Å². The van der Waals surface area contributed by atoms with Crippen molar-refractivity contribution in [2.45, 2.75) is 149 Å². The molecule has 4 bridgehead atoms. The van der Waals surface area contributed by atoms with Crippen LogP contribution in [0.15, 0.2) is 49.6 Å². The van der Waals surface area contributed by atoms with Crippen molar-refractivity contribution in [3.8, 4) is 23.0 Å². The number of carbonyl (C=O) groups excluding carboxylic acids is 4. The molecule has 2 saturated carbocycles. The Morgan fingerprint density at radius 3 is 1.79 bits per heavy atom. The number of nitrogens with zero attached hydrogens (tertiary/aromatic N) is 4. The van der Waals surface area contributed by atoms with Gasteiger partial charge in [-0.1, -0.05) is 31.2 Å². The van der Waals surface area contributed by atoms with Gasteiger partial charge in [-0.15, -0.1) is 18.2 Å². The maximum atomic E-state index is 12.4. The molecule has 6 unspecified atom stereocenters. The quantitative estimate of drug-likeness (QED) is 0.0839. The Bertz CT molecular complexity index is 2340. The number of imide groups is 1. The molecular formula is C49H61BN6NaO11. The van der Waals surface area contributed by atoms with Crippen molar-refractivity contribution in [2.24, 2.45) is 5.73 Å². The van der Waals surface area contributed by atoms with Gasteiger partial charge < -0.3 is 57.6 Å². The minimum absolute atomic E-state index is 0. The molecule has 19 heteroatoms. The molecule has 2 aromatic carbocycles. The van der Waals surface area contributed by atoms with E-state index in [1.165, 1.54) is 5.56 Å². The van der Waals surface area contributed by atoms with Crippen LogP contribution < -0.4 is 50.1 Å². The zero-order chi connectivity index (χ0) is 47.5. The first-order chi connectivity index (χ1) is 31.6. The molecule has 9 aliphatic rings. The average molecular weight is 944 g/mol. The SMILES string of the molecule is C=CCN1CC[C@]23c4c5ccc(O)c4O[C@@H]2C(N)CCC3(O)C1C5.C=CCN1CC[C@]23c4c5ccc(O)c4O[C@@H]2C(NC(=O)CCC)CCC3(O)C1C5.CC(=O)ON1C(=O)CCC1=O.[B].[C-]#N.[Na+]. The van der Waals surface area contributed by atoms with Gasteiger partial charge in [0.25, 0.3) is 11.8 Å². The number of rotatable bonds is 8. The summed E-state index contributed by atoms with van der Waals surface area (Å²) in [7, 11) is 0. The number of nitrogens with two attached hydrogens (primary N) is 1. The van der Waals surface area contributed by atoms with Crippen molar-refractivity contribution in [1.82, 2.24) is 20.2 Å². The topological polar surface area (TPSA) is 248 Å². The molecule has 3 saturated heterocycles. The number of hydroxylamine groups is 2. The molecule has 11 rings (SSSR count). The Kier molecular flexibility index (Phi) is 15.7. The molecule has 4 aliphatic carbocycles. The summed E-state index contributed by atoms with van der Waals surface area (Å²) in [5, 5.41) is 55.0. The van der Waals surface area contributed by atoms with Crippen molar-refractivity contribution < 1.29 is 83.5 Å². The predicted molar refractivity (Wildman–Crippen MR) is 243 cm³/mol. The van der Waals surface area contributed by atoms with Crippen LogP contribution in [0, 0.1) is 11.8 Å². The number of aliphatic hydroxyl groups is 2. The predicted octanol–water partition coefficient (Wildman–Crippen LogP) is -0.590. The number of aromatic hydroxyl groups is 2. The summed E-state index contributed by atoms with van der Waals surface area (Å²) < 4.78 is 12.6. The van der Waals surface area contributed by atoms with Crippen LogP contribution in [0.2, 0.25) is 0 Å². The summed E-state index contributed by atoms with van der Waals surface area (Å²) in [6.07, 6.45) is 10.5. The van der Waals surface area contributed by atoms with E-state index in [1.54, 1.807) is 12.1 Å². The van der Waals surface area contributed by atoms with Crippen LogP contribution >= 0.6 is 0 Å². The van der Waals surface area contributed by atoms with E-state index in [9.17, 15) is 39.6 Å². The number of piperidine rings is 2. The Morgan fingerprint density at radius 2 is 1.32 bits per heavy atom. The Morgan fingerprint density at radius 1 is 0.853 bits per heavy atom. The van der Waals surface area contributed by atoms with Crippen molar-refractivity contribution in [3.05, 3.63) is 78.4 Å². The molecule has 3 radical (unpaired) electrons. The van der Waals surface area contributed by atoms with Gasteiger partial charge in [0.2, 0.25) is 5.91 Å². The number of carbonyl (C=O) groups is 4. The van der Waals surface area contributed by atoms with Crippen LogP contribution in [0.25, 0.3) is 0 Å². The Balaban J connectivity index is 0.000000176. The third kappa shape index (κ3) is 7.85. The molecule has 2 spiro atoms. The van der Waals surface area contributed by atoms with Gasteiger partial charge in [0.1, 0.15) is 12.2 Å². The minimum atomic E-state index is -0.947.